The molecule has 1 atom stereocenters. The summed E-state index contributed by atoms with van der Waals surface area (Å²) in [7, 11) is 0. The Hall–Kier alpha value is -0.150. The topological polar surface area (TPSA) is 17.1 Å². The molecule has 1 nitrogen and oxygen atoms in total. The Kier molecular flexibility index (Phi) is 3.95. The van der Waals surface area contributed by atoms with E-state index in [-0.39, 0.29) is 10.6 Å². The number of rotatable bonds is 4. The van der Waals surface area contributed by atoms with Crippen molar-refractivity contribution in [3.8, 4) is 0 Å². The zero-order valence-corrected chi connectivity index (χ0v) is 9.32. The molecular formula is C9H11BrOS. The highest BCUT2D eigenvalue weighted by Crippen LogP contribution is 2.18. The molecule has 0 spiro atoms. The first-order chi connectivity index (χ1) is 5.75. The molecule has 0 amide bonds. The van der Waals surface area contributed by atoms with E-state index >= 15 is 0 Å². The molecule has 0 fully saturated rings. The fourth-order valence-electron chi connectivity index (χ4n) is 0.958. The highest BCUT2D eigenvalue weighted by atomic mass is 79.9. The summed E-state index contributed by atoms with van der Waals surface area (Å²) in [6.07, 6.45) is 1.95. The Bertz CT molecular complexity index is 243. The number of hydrogen-bond acceptors (Lipinski definition) is 2. The monoisotopic (exact) mass is 246 g/mol. The zero-order valence-electron chi connectivity index (χ0n) is 6.92. The molecule has 0 aliphatic carbocycles. The maximum atomic E-state index is 11.6. The van der Waals surface area contributed by atoms with Crippen LogP contribution in [0.1, 0.15) is 29.4 Å². The SMILES string of the molecule is CCCC(Br)C(=O)c1cccs1. The van der Waals surface area contributed by atoms with E-state index in [0.29, 0.717) is 0 Å². The van der Waals surface area contributed by atoms with Gasteiger partial charge >= 0.3 is 0 Å². The van der Waals surface area contributed by atoms with Gasteiger partial charge in [-0.3, -0.25) is 4.79 Å². The van der Waals surface area contributed by atoms with Gasteiger partial charge in [-0.25, -0.2) is 0 Å². The van der Waals surface area contributed by atoms with Crippen LogP contribution in [-0.2, 0) is 0 Å². The van der Waals surface area contributed by atoms with Crippen molar-refractivity contribution in [3.05, 3.63) is 22.4 Å². The lowest BCUT2D eigenvalue weighted by Crippen LogP contribution is -2.11. The lowest BCUT2D eigenvalue weighted by Gasteiger charge is -2.03. The Morgan fingerprint density at radius 1 is 1.75 bits per heavy atom. The van der Waals surface area contributed by atoms with Crippen LogP contribution in [0.4, 0.5) is 0 Å². The molecule has 1 unspecified atom stereocenters. The first-order valence-electron chi connectivity index (χ1n) is 3.97. The fraction of sp³-hybridized carbons (Fsp3) is 0.444. The minimum atomic E-state index is 0.00106. The van der Waals surface area contributed by atoms with Gasteiger partial charge in [0, 0.05) is 0 Å². The third-order valence-electron chi connectivity index (χ3n) is 1.59. The molecule has 0 saturated heterocycles. The average Bonchev–Trinajstić information content (AvgIpc) is 2.55. The number of carbonyl (C=O) groups excluding carboxylic acids is 1. The summed E-state index contributed by atoms with van der Waals surface area (Å²) in [4.78, 5) is 12.4. The van der Waals surface area contributed by atoms with Gasteiger partial charge in [0.2, 0.25) is 0 Å². The third kappa shape index (κ3) is 2.42. The summed E-state index contributed by atoms with van der Waals surface area (Å²) >= 11 is 4.89. The second-order valence-corrected chi connectivity index (χ2v) is 4.65. The van der Waals surface area contributed by atoms with E-state index in [1.54, 1.807) is 0 Å². The maximum Gasteiger partial charge on any atom is 0.186 e. The number of halogens is 1. The van der Waals surface area contributed by atoms with Crippen LogP contribution in [0.5, 0.6) is 0 Å². The molecule has 12 heavy (non-hydrogen) atoms. The Morgan fingerprint density at radius 2 is 2.50 bits per heavy atom. The van der Waals surface area contributed by atoms with Gasteiger partial charge < -0.3 is 0 Å². The fourth-order valence-corrected chi connectivity index (χ4v) is 2.53. The van der Waals surface area contributed by atoms with Crippen LogP contribution in [0.3, 0.4) is 0 Å². The van der Waals surface area contributed by atoms with E-state index in [1.165, 1.54) is 11.3 Å². The van der Waals surface area contributed by atoms with Crippen LogP contribution >= 0.6 is 27.3 Å². The van der Waals surface area contributed by atoms with Gasteiger partial charge in [-0.15, -0.1) is 11.3 Å². The molecule has 0 aliphatic heterocycles. The summed E-state index contributed by atoms with van der Waals surface area (Å²) < 4.78 is 0. The van der Waals surface area contributed by atoms with Gasteiger partial charge in [-0.1, -0.05) is 35.3 Å². The van der Waals surface area contributed by atoms with Crippen molar-refractivity contribution in [1.29, 1.82) is 0 Å². The number of alkyl halides is 1. The molecule has 0 bridgehead atoms. The largest absolute Gasteiger partial charge is 0.292 e. The number of Topliss-reactive ketones (excluding diaryl/α,β-unsaturated/α-hetero) is 1. The van der Waals surface area contributed by atoms with E-state index in [4.69, 9.17) is 0 Å². The van der Waals surface area contributed by atoms with E-state index in [0.717, 1.165) is 17.7 Å². The zero-order chi connectivity index (χ0) is 8.97. The van der Waals surface area contributed by atoms with E-state index in [2.05, 4.69) is 22.9 Å². The Balaban J connectivity index is 2.59. The number of thiophene rings is 1. The van der Waals surface area contributed by atoms with Crippen molar-refractivity contribution in [1.82, 2.24) is 0 Å². The van der Waals surface area contributed by atoms with Crippen molar-refractivity contribution in [2.75, 3.05) is 0 Å². The second-order valence-electron chi connectivity index (χ2n) is 2.60. The molecule has 0 saturated carbocycles. The maximum absolute atomic E-state index is 11.6. The van der Waals surface area contributed by atoms with E-state index < -0.39 is 0 Å². The molecule has 0 aromatic carbocycles. The highest BCUT2D eigenvalue weighted by Gasteiger charge is 2.15. The molecule has 1 heterocycles. The third-order valence-corrected chi connectivity index (χ3v) is 3.35. The van der Waals surface area contributed by atoms with Gasteiger partial charge in [-0.05, 0) is 17.9 Å². The van der Waals surface area contributed by atoms with Gasteiger partial charge in [0.15, 0.2) is 5.78 Å². The molecule has 0 aliphatic rings. The van der Waals surface area contributed by atoms with Gasteiger partial charge in [0.1, 0.15) is 0 Å². The second kappa shape index (κ2) is 4.77. The molecule has 3 heteroatoms. The van der Waals surface area contributed by atoms with E-state index in [1.807, 2.05) is 17.5 Å². The summed E-state index contributed by atoms with van der Waals surface area (Å²) in [6.45, 7) is 2.08. The normalized spacial score (nSPS) is 12.8. The minimum absolute atomic E-state index is 0.00106. The number of carbonyl (C=O) groups is 1. The molecule has 0 N–H and O–H groups in total. The van der Waals surface area contributed by atoms with Crippen LogP contribution in [0.2, 0.25) is 0 Å². The predicted molar refractivity (Wildman–Crippen MR) is 56.3 cm³/mol. The van der Waals surface area contributed by atoms with Crippen LogP contribution in [0.15, 0.2) is 17.5 Å². The van der Waals surface area contributed by atoms with Gasteiger partial charge in [-0.2, -0.15) is 0 Å². The lowest BCUT2D eigenvalue weighted by atomic mass is 10.1. The summed E-state index contributed by atoms with van der Waals surface area (Å²) in [5.74, 6) is 0.215. The summed E-state index contributed by atoms with van der Waals surface area (Å²) in [5.41, 5.74) is 0. The highest BCUT2D eigenvalue weighted by molar-refractivity contribution is 9.10. The van der Waals surface area contributed by atoms with Crippen LogP contribution in [0.25, 0.3) is 0 Å². The van der Waals surface area contributed by atoms with Crippen molar-refractivity contribution >= 4 is 33.0 Å². The van der Waals surface area contributed by atoms with E-state index in [9.17, 15) is 4.79 Å². The predicted octanol–water partition coefficient (Wildman–Crippen LogP) is 3.49. The molecule has 1 rings (SSSR count). The summed E-state index contributed by atoms with van der Waals surface area (Å²) in [6, 6.07) is 3.78. The van der Waals surface area contributed by atoms with Crippen molar-refractivity contribution in [2.24, 2.45) is 0 Å². The Morgan fingerprint density at radius 3 is 3.00 bits per heavy atom. The molecule has 1 aromatic rings. The standard InChI is InChI=1S/C9H11BrOS/c1-2-4-7(10)9(11)8-5-3-6-12-8/h3,5-7H,2,4H2,1H3. The lowest BCUT2D eigenvalue weighted by molar-refractivity contribution is 0.0992. The van der Waals surface area contributed by atoms with Crippen molar-refractivity contribution in [3.63, 3.8) is 0 Å². The molecule has 1 aromatic heterocycles. The molecule has 66 valence electrons. The average molecular weight is 247 g/mol. The smallest absolute Gasteiger partial charge is 0.186 e. The summed E-state index contributed by atoms with van der Waals surface area (Å²) in [5, 5.41) is 1.93. The molecular weight excluding hydrogens is 236 g/mol. The quantitative estimate of drug-likeness (QED) is 0.588. The van der Waals surface area contributed by atoms with Crippen molar-refractivity contribution < 1.29 is 4.79 Å². The first-order valence-corrected chi connectivity index (χ1v) is 5.77. The number of hydrogen-bond donors (Lipinski definition) is 0. The van der Waals surface area contributed by atoms with Crippen LogP contribution < -0.4 is 0 Å². The van der Waals surface area contributed by atoms with Gasteiger partial charge in [0.05, 0.1) is 9.70 Å². The minimum Gasteiger partial charge on any atom is -0.292 e. The van der Waals surface area contributed by atoms with Crippen LogP contribution in [0, 0.1) is 0 Å². The first kappa shape index (κ1) is 9.93. The van der Waals surface area contributed by atoms with Gasteiger partial charge in [0.25, 0.3) is 0 Å². The number of ketones is 1. The Labute approximate surface area is 84.9 Å². The van der Waals surface area contributed by atoms with Crippen LogP contribution in [-0.4, -0.2) is 10.6 Å². The molecule has 0 radical (unpaired) electrons. The van der Waals surface area contributed by atoms with Crippen molar-refractivity contribution in [2.45, 2.75) is 24.6 Å².